The first-order chi connectivity index (χ1) is 8.74. The Balaban J connectivity index is 1.88. The van der Waals surface area contributed by atoms with Gasteiger partial charge in [-0.15, -0.1) is 0 Å². The van der Waals surface area contributed by atoms with Crippen LogP contribution in [0.4, 0.5) is 10.5 Å². The molecule has 0 atom stereocenters. The van der Waals surface area contributed by atoms with Crippen LogP contribution in [0.5, 0.6) is 0 Å². The molecular weight excluding hydrogens is 248 g/mol. The highest BCUT2D eigenvalue weighted by Crippen LogP contribution is 2.07. The number of amides is 1. The van der Waals surface area contributed by atoms with Crippen LogP contribution in [0, 0.1) is 4.64 Å². The molecular formula is C13H12N2O2S. The van der Waals surface area contributed by atoms with Gasteiger partial charge in [0.15, 0.2) is 0 Å². The van der Waals surface area contributed by atoms with Gasteiger partial charge in [-0.1, -0.05) is 42.5 Å². The van der Waals surface area contributed by atoms with Crippen LogP contribution in [0.15, 0.2) is 48.7 Å². The number of benzene rings is 1. The zero-order chi connectivity index (χ0) is 12.8. The minimum absolute atomic E-state index is 0.242. The molecule has 0 fully saturated rings. The minimum Gasteiger partial charge on any atom is -0.444 e. The Morgan fingerprint density at radius 2 is 2.06 bits per heavy atom. The molecule has 92 valence electrons. The number of ether oxygens (including phenoxy) is 1. The van der Waals surface area contributed by atoms with Crippen LogP contribution in [-0.2, 0) is 11.3 Å². The highest BCUT2D eigenvalue weighted by Gasteiger charge is 2.03. The fourth-order valence-electron chi connectivity index (χ4n) is 1.40. The van der Waals surface area contributed by atoms with E-state index in [0.717, 1.165) is 5.56 Å². The molecule has 1 aromatic heterocycles. The van der Waals surface area contributed by atoms with Gasteiger partial charge >= 0.3 is 6.09 Å². The van der Waals surface area contributed by atoms with Gasteiger partial charge < -0.3 is 9.72 Å². The van der Waals surface area contributed by atoms with Crippen LogP contribution < -0.4 is 5.32 Å². The van der Waals surface area contributed by atoms with Crippen molar-refractivity contribution in [3.63, 3.8) is 0 Å². The van der Waals surface area contributed by atoms with Gasteiger partial charge in [-0.25, -0.2) is 4.79 Å². The maximum absolute atomic E-state index is 11.5. The van der Waals surface area contributed by atoms with Crippen molar-refractivity contribution in [1.29, 1.82) is 0 Å². The van der Waals surface area contributed by atoms with Gasteiger partial charge in [0.25, 0.3) is 0 Å². The Morgan fingerprint density at radius 1 is 1.28 bits per heavy atom. The predicted octanol–water partition coefficient (Wildman–Crippen LogP) is 3.49. The molecule has 2 rings (SSSR count). The van der Waals surface area contributed by atoms with Crippen LogP contribution >= 0.6 is 12.2 Å². The first kappa shape index (κ1) is 12.3. The Hall–Kier alpha value is -2.14. The third-order valence-corrected chi connectivity index (χ3v) is 2.47. The molecule has 0 spiro atoms. The number of hydrogen-bond acceptors (Lipinski definition) is 3. The van der Waals surface area contributed by atoms with E-state index >= 15 is 0 Å². The van der Waals surface area contributed by atoms with Crippen LogP contribution in [0.2, 0.25) is 0 Å². The van der Waals surface area contributed by atoms with Crippen molar-refractivity contribution in [2.24, 2.45) is 0 Å². The van der Waals surface area contributed by atoms with Gasteiger partial charge in [0.2, 0.25) is 0 Å². The first-order valence-electron chi connectivity index (χ1n) is 5.40. The smallest absolute Gasteiger partial charge is 0.411 e. The maximum atomic E-state index is 11.5. The molecule has 1 heterocycles. The van der Waals surface area contributed by atoms with E-state index in [1.54, 1.807) is 18.3 Å². The van der Waals surface area contributed by atoms with E-state index in [4.69, 9.17) is 17.0 Å². The molecule has 1 amide bonds. The Labute approximate surface area is 110 Å². The SMILES string of the molecule is O=C(Nc1cc[nH]c(=S)c1)OCc1ccccc1. The molecule has 5 heteroatoms. The number of carbonyl (C=O) groups excluding carboxylic acids is 1. The summed E-state index contributed by atoms with van der Waals surface area (Å²) in [5.74, 6) is 0. The summed E-state index contributed by atoms with van der Waals surface area (Å²) in [5, 5.41) is 2.61. The Bertz CT molecular complexity index is 581. The molecule has 4 nitrogen and oxygen atoms in total. The van der Waals surface area contributed by atoms with E-state index in [2.05, 4.69) is 10.3 Å². The van der Waals surface area contributed by atoms with Crippen molar-refractivity contribution in [3.05, 3.63) is 58.9 Å². The van der Waals surface area contributed by atoms with Crippen LogP contribution in [0.25, 0.3) is 0 Å². The largest absolute Gasteiger partial charge is 0.444 e. The number of nitrogens with one attached hydrogen (secondary N) is 2. The van der Waals surface area contributed by atoms with E-state index in [-0.39, 0.29) is 6.61 Å². The predicted molar refractivity (Wildman–Crippen MR) is 71.9 cm³/mol. The van der Waals surface area contributed by atoms with Crippen molar-refractivity contribution in [3.8, 4) is 0 Å². The molecule has 0 radical (unpaired) electrons. The van der Waals surface area contributed by atoms with Crippen LogP contribution in [-0.4, -0.2) is 11.1 Å². The Kier molecular flexibility index (Phi) is 4.09. The summed E-state index contributed by atoms with van der Waals surface area (Å²) in [6, 6.07) is 12.9. The third kappa shape index (κ3) is 3.71. The van der Waals surface area contributed by atoms with E-state index in [9.17, 15) is 4.79 Å². The number of anilines is 1. The van der Waals surface area contributed by atoms with Crippen molar-refractivity contribution in [2.45, 2.75) is 6.61 Å². The van der Waals surface area contributed by atoms with Gasteiger partial charge in [-0.3, -0.25) is 5.32 Å². The summed E-state index contributed by atoms with van der Waals surface area (Å²) in [4.78, 5) is 14.3. The summed E-state index contributed by atoms with van der Waals surface area (Å²) in [7, 11) is 0. The van der Waals surface area contributed by atoms with Crippen LogP contribution in [0.1, 0.15) is 5.56 Å². The number of hydrogen-bond donors (Lipinski definition) is 2. The van der Waals surface area contributed by atoms with E-state index in [1.165, 1.54) is 0 Å². The summed E-state index contributed by atoms with van der Waals surface area (Å²) < 4.78 is 5.63. The molecule has 0 unspecified atom stereocenters. The quantitative estimate of drug-likeness (QED) is 0.830. The number of aromatic amines is 1. The highest BCUT2D eigenvalue weighted by molar-refractivity contribution is 7.71. The average molecular weight is 260 g/mol. The molecule has 0 saturated carbocycles. The lowest BCUT2D eigenvalue weighted by molar-refractivity contribution is 0.155. The van der Waals surface area contributed by atoms with Crippen molar-refractivity contribution in [1.82, 2.24) is 4.98 Å². The molecule has 0 saturated heterocycles. The highest BCUT2D eigenvalue weighted by atomic mass is 32.1. The van der Waals surface area contributed by atoms with Gasteiger partial charge in [-0.05, 0) is 17.7 Å². The molecule has 0 bridgehead atoms. The number of carbonyl (C=O) groups is 1. The second-order valence-electron chi connectivity index (χ2n) is 3.63. The van der Waals surface area contributed by atoms with E-state index in [0.29, 0.717) is 10.3 Å². The van der Waals surface area contributed by atoms with Gasteiger partial charge in [0, 0.05) is 11.9 Å². The molecule has 0 aliphatic heterocycles. The molecule has 18 heavy (non-hydrogen) atoms. The third-order valence-electron chi connectivity index (χ3n) is 2.23. The normalized spacial score (nSPS) is 9.78. The molecule has 0 aliphatic carbocycles. The van der Waals surface area contributed by atoms with Gasteiger partial charge in [0.1, 0.15) is 11.2 Å². The number of rotatable bonds is 3. The average Bonchev–Trinajstić information content (AvgIpc) is 2.38. The first-order valence-corrected chi connectivity index (χ1v) is 5.81. The zero-order valence-corrected chi connectivity index (χ0v) is 10.4. The van der Waals surface area contributed by atoms with Gasteiger partial charge in [0.05, 0.1) is 0 Å². The lowest BCUT2D eigenvalue weighted by atomic mass is 10.2. The second kappa shape index (κ2) is 5.97. The summed E-state index contributed by atoms with van der Waals surface area (Å²) in [6.07, 6.45) is 1.16. The monoisotopic (exact) mass is 260 g/mol. The van der Waals surface area contributed by atoms with E-state index in [1.807, 2.05) is 30.3 Å². The molecule has 2 N–H and O–H groups in total. The lowest BCUT2D eigenvalue weighted by Gasteiger charge is -2.06. The summed E-state index contributed by atoms with van der Waals surface area (Å²) in [6.45, 7) is 0.242. The summed E-state index contributed by atoms with van der Waals surface area (Å²) >= 11 is 4.95. The number of aromatic nitrogens is 1. The van der Waals surface area contributed by atoms with Gasteiger partial charge in [-0.2, -0.15) is 0 Å². The fourth-order valence-corrected chi connectivity index (χ4v) is 1.59. The van der Waals surface area contributed by atoms with E-state index < -0.39 is 6.09 Å². The van der Waals surface area contributed by atoms with Crippen molar-refractivity contribution in [2.75, 3.05) is 5.32 Å². The topological polar surface area (TPSA) is 54.1 Å². The molecule has 2 aromatic rings. The number of pyridine rings is 1. The standard InChI is InChI=1S/C13H12N2O2S/c16-13(15-11-6-7-14-12(18)8-11)17-9-10-4-2-1-3-5-10/h1-8H,9H2,(H2,14,15,16,18). The fraction of sp³-hybridized carbons (Fsp3) is 0.0769. The van der Waals surface area contributed by atoms with Crippen LogP contribution in [0.3, 0.4) is 0 Å². The van der Waals surface area contributed by atoms with Crippen molar-refractivity contribution < 1.29 is 9.53 Å². The zero-order valence-electron chi connectivity index (χ0n) is 9.55. The minimum atomic E-state index is -0.501. The maximum Gasteiger partial charge on any atom is 0.411 e. The van der Waals surface area contributed by atoms with Crippen molar-refractivity contribution >= 4 is 24.0 Å². The molecule has 1 aromatic carbocycles. The molecule has 0 aliphatic rings. The lowest BCUT2D eigenvalue weighted by Crippen LogP contribution is -2.13. The Morgan fingerprint density at radius 3 is 2.78 bits per heavy atom. The summed E-state index contributed by atoms with van der Waals surface area (Å²) in [5.41, 5.74) is 1.55. The second-order valence-corrected chi connectivity index (χ2v) is 4.07. The number of H-pyrrole nitrogens is 1.